The number of hydrogen-bond acceptors (Lipinski definition) is 1. The van der Waals surface area contributed by atoms with Crippen LogP contribution in [0.5, 0.6) is 0 Å². The van der Waals surface area contributed by atoms with Gasteiger partial charge in [0.2, 0.25) is 5.91 Å². The van der Waals surface area contributed by atoms with Crippen molar-refractivity contribution < 1.29 is 4.79 Å². The molecule has 0 atom stereocenters. The molecule has 1 rings (SSSR count). The minimum atomic E-state index is 0.391. The van der Waals surface area contributed by atoms with Gasteiger partial charge < -0.3 is 4.90 Å². The molecule has 0 aromatic heterocycles. The van der Waals surface area contributed by atoms with E-state index in [2.05, 4.69) is 46.4 Å². The first-order chi connectivity index (χ1) is 10.1. The zero-order valence-electron chi connectivity index (χ0n) is 16.0. The van der Waals surface area contributed by atoms with Gasteiger partial charge in [0.05, 0.1) is 0 Å². The molecule has 0 spiro atoms. The third-order valence-corrected chi connectivity index (χ3v) is 5.14. The molecule has 2 nitrogen and oxygen atoms in total. The Kier molecular flexibility index (Phi) is 7.41. The van der Waals surface area contributed by atoms with Crippen LogP contribution in [0.1, 0.15) is 92.9 Å². The first-order valence-corrected chi connectivity index (χ1v) is 9.37. The topological polar surface area (TPSA) is 20.3 Å². The summed E-state index contributed by atoms with van der Waals surface area (Å²) in [6, 6.07) is 0. The highest BCUT2D eigenvalue weighted by molar-refractivity contribution is 5.76. The Balaban J connectivity index is 2.12. The summed E-state index contributed by atoms with van der Waals surface area (Å²) in [5, 5.41) is 0. The molecule has 0 N–H and O–H groups in total. The summed E-state index contributed by atoms with van der Waals surface area (Å²) in [6.07, 6.45) is 9.27. The van der Waals surface area contributed by atoms with Crippen LogP contribution in [-0.4, -0.2) is 23.9 Å². The lowest BCUT2D eigenvalue weighted by Crippen LogP contribution is -2.41. The van der Waals surface area contributed by atoms with E-state index in [1.807, 2.05) is 0 Å². The van der Waals surface area contributed by atoms with E-state index in [-0.39, 0.29) is 0 Å². The summed E-state index contributed by atoms with van der Waals surface area (Å²) in [6.45, 7) is 15.8. The SMILES string of the molecule is CC(C)(C)CCCCCCC(=O)N1CCC(C(C)(C)C)CC1. The molecule has 0 radical (unpaired) electrons. The Morgan fingerprint density at radius 1 is 0.909 bits per heavy atom. The molecule has 0 aromatic carbocycles. The summed E-state index contributed by atoms with van der Waals surface area (Å²) >= 11 is 0. The van der Waals surface area contributed by atoms with E-state index in [1.165, 1.54) is 38.5 Å². The maximum absolute atomic E-state index is 12.3. The van der Waals surface area contributed by atoms with Crippen molar-refractivity contribution in [1.29, 1.82) is 0 Å². The van der Waals surface area contributed by atoms with Crippen LogP contribution in [0, 0.1) is 16.7 Å². The number of hydrogen-bond donors (Lipinski definition) is 0. The lowest BCUT2D eigenvalue weighted by Gasteiger charge is -2.38. The van der Waals surface area contributed by atoms with Crippen LogP contribution in [0.15, 0.2) is 0 Å². The minimum absolute atomic E-state index is 0.391. The second-order valence-corrected chi connectivity index (χ2v) is 9.50. The smallest absolute Gasteiger partial charge is 0.222 e. The number of amides is 1. The van der Waals surface area contributed by atoms with Crippen LogP contribution < -0.4 is 0 Å². The van der Waals surface area contributed by atoms with Crippen LogP contribution in [0.3, 0.4) is 0 Å². The lowest BCUT2D eigenvalue weighted by atomic mass is 9.75. The standard InChI is InChI=1S/C20H39NO/c1-19(2,3)14-10-8-7-9-11-18(22)21-15-12-17(13-16-21)20(4,5)6/h17H,7-16H2,1-6H3. The molecule has 0 aliphatic carbocycles. The molecule has 0 unspecified atom stereocenters. The summed E-state index contributed by atoms with van der Waals surface area (Å²) in [4.78, 5) is 14.4. The van der Waals surface area contributed by atoms with Crippen molar-refractivity contribution in [3.8, 4) is 0 Å². The number of likely N-dealkylation sites (tertiary alicyclic amines) is 1. The molecule has 1 fully saturated rings. The minimum Gasteiger partial charge on any atom is -0.343 e. The predicted molar refractivity (Wildman–Crippen MR) is 95.9 cm³/mol. The molecule has 1 heterocycles. The lowest BCUT2D eigenvalue weighted by molar-refractivity contribution is -0.133. The van der Waals surface area contributed by atoms with Gasteiger partial charge in [0, 0.05) is 19.5 Å². The van der Waals surface area contributed by atoms with Crippen LogP contribution >= 0.6 is 0 Å². The first kappa shape index (κ1) is 19.5. The molecule has 1 saturated heterocycles. The third kappa shape index (κ3) is 7.65. The van der Waals surface area contributed by atoms with E-state index in [9.17, 15) is 4.79 Å². The molecule has 1 amide bonds. The number of piperidine rings is 1. The van der Waals surface area contributed by atoms with Gasteiger partial charge in [-0.2, -0.15) is 0 Å². The first-order valence-electron chi connectivity index (χ1n) is 9.37. The van der Waals surface area contributed by atoms with Gasteiger partial charge in [-0.15, -0.1) is 0 Å². The van der Waals surface area contributed by atoms with Gasteiger partial charge in [0.15, 0.2) is 0 Å². The number of unbranched alkanes of at least 4 members (excludes halogenated alkanes) is 3. The van der Waals surface area contributed by atoms with E-state index in [1.54, 1.807) is 0 Å². The third-order valence-electron chi connectivity index (χ3n) is 5.14. The molecule has 2 heteroatoms. The maximum Gasteiger partial charge on any atom is 0.222 e. The average molecular weight is 310 g/mol. The molecule has 1 aliphatic heterocycles. The van der Waals surface area contributed by atoms with Crippen molar-refractivity contribution in [3.63, 3.8) is 0 Å². The second kappa shape index (κ2) is 8.36. The Hall–Kier alpha value is -0.530. The molecule has 0 bridgehead atoms. The number of carbonyl (C=O) groups is 1. The van der Waals surface area contributed by atoms with Gasteiger partial charge in [0.1, 0.15) is 0 Å². The number of nitrogens with zero attached hydrogens (tertiary/aromatic N) is 1. The quantitative estimate of drug-likeness (QED) is 0.580. The Labute approximate surface area is 139 Å². The molecular formula is C20H39NO. The van der Waals surface area contributed by atoms with Crippen molar-refractivity contribution in [2.45, 2.75) is 92.9 Å². The Morgan fingerprint density at radius 3 is 1.95 bits per heavy atom. The maximum atomic E-state index is 12.3. The van der Waals surface area contributed by atoms with Crippen molar-refractivity contribution in [3.05, 3.63) is 0 Å². The summed E-state index contributed by atoms with van der Waals surface area (Å²) in [5.41, 5.74) is 0.843. The molecule has 22 heavy (non-hydrogen) atoms. The molecule has 0 saturated carbocycles. The van der Waals surface area contributed by atoms with Crippen molar-refractivity contribution in [2.75, 3.05) is 13.1 Å². The fraction of sp³-hybridized carbons (Fsp3) is 0.950. The van der Waals surface area contributed by atoms with E-state index in [4.69, 9.17) is 0 Å². The van der Waals surface area contributed by atoms with E-state index in [0.29, 0.717) is 16.7 Å². The van der Waals surface area contributed by atoms with Crippen LogP contribution in [0.4, 0.5) is 0 Å². The highest BCUT2D eigenvalue weighted by Crippen LogP contribution is 2.34. The van der Waals surface area contributed by atoms with Crippen molar-refractivity contribution in [1.82, 2.24) is 4.90 Å². The zero-order valence-corrected chi connectivity index (χ0v) is 16.0. The van der Waals surface area contributed by atoms with Gasteiger partial charge >= 0.3 is 0 Å². The van der Waals surface area contributed by atoms with Crippen LogP contribution in [0.2, 0.25) is 0 Å². The summed E-state index contributed by atoms with van der Waals surface area (Å²) in [7, 11) is 0. The highest BCUT2D eigenvalue weighted by atomic mass is 16.2. The van der Waals surface area contributed by atoms with Gasteiger partial charge in [-0.25, -0.2) is 0 Å². The molecule has 0 aromatic rings. The highest BCUT2D eigenvalue weighted by Gasteiger charge is 2.30. The Morgan fingerprint density at radius 2 is 1.45 bits per heavy atom. The van der Waals surface area contributed by atoms with E-state index < -0.39 is 0 Å². The van der Waals surface area contributed by atoms with Gasteiger partial charge in [-0.1, -0.05) is 60.8 Å². The van der Waals surface area contributed by atoms with Gasteiger partial charge in [-0.3, -0.25) is 4.79 Å². The van der Waals surface area contributed by atoms with E-state index >= 15 is 0 Å². The van der Waals surface area contributed by atoms with Crippen LogP contribution in [0.25, 0.3) is 0 Å². The second-order valence-electron chi connectivity index (χ2n) is 9.50. The predicted octanol–water partition coefficient (Wildman–Crippen LogP) is 5.66. The number of carbonyl (C=O) groups excluding carboxylic acids is 1. The normalized spacial score (nSPS) is 17.8. The average Bonchev–Trinajstić information content (AvgIpc) is 2.40. The zero-order chi connectivity index (χ0) is 16.8. The Bertz CT molecular complexity index is 327. The molecule has 1 aliphatic rings. The monoisotopic (exact) mass is 309 g/mol. The van der Waals surface area contributed by atoms with Crippen molar-refractivity contribution >= 4 is 5.91 Å². The fourth-order valence-corrected chi connectivity index (χ4v) is 3.44. The van der Waals surface area contributed by atoms with Gasteiger partial charge in [-0.05, 0) is 42.4 Å². The van der Waals surface area contributed by atoms with Crippen molar-refractivity contribution in [2.24, 2.45) is 16.7 Å². The number of rotatable bonds is 6. The largest absolute Gasteiger partial charge is 0.343 e. The summed E-state index contributed by atoms with van der Waals surface area (Å²) < 4.78 is 0. The molecular weight excluding hydrogens is 270 g/mol. The van der Waals surface area contributed by atoms with E-state index in [0.717, 1.165) is 31.8 Å². The molecule has 130 valence electrons. The summed E-state index contributed by atoms with van der Waals surface area (Å²) in [5.74, 6) is 1.16. The fourth-order valence-electron chi connectivity index (χ4n) is 3.44. The van der Waals surface area contributed by atoms with Gasteiger partial charge in [0.25, 0.3) is 0 Å². The van der Waals surface area contributed by atoms with Crippen LogP contribution in [-0.2, 0) is 4.79 Å².